The maximum absolute atomic E-state index is 14.7. The summed E-state index contributed by atoms with van der Waals surface area (Å²) >= 11 is 4.89. The van der Waals surface area contributed by atoms with Crippen molar-refractivity contribution in [2.75, 3.05) is 62.4 Å². The number of piperazine rings is 1. The lowest BCUT2D eigenvalue weighted by Crippen LogP contribution is -2.48. The molecule has 160 valence electrons. The third-order valence-electron chi connectivity index (χ3n) is 4.82. The number of hydrogen-bond donors (Lipinski definition) is 1. The predicted octanol–water partition coefficient (Wildman–Crippen LogP) is 0.753. The van der Waals surface area contributed by atoms with Gasteiger partial charge in [0.25, 0.3) is 5.17 Å². The van der Waals surface area contributed by atoms with Crippen molar-refractivity contribution in [1.82, 2.24) is 9.62 Å². The molecular formula is C17H23FN4O5S2. The van der Waals surface area contributed by atoms with Crippen LogP contribution in [0.2, 0.25) is 0 Å². The summed E-state index contributed by atoms with van der Waals surface area (Å²) in [5.74, 6) is -0.481. The number of nitrogens with zero attached hydrogens (tertiary/aromatic N) is 3. The highest BCUT2D eigenvalue weighted by atomic mass is 32.2. The number of halogens is 1. The predicted molar refractivity (Wildman–Crippen MR) is 110 cm³/mol. The second kappa shape index (κ2) is 8.67. The van der Waals surface area contributed by atoms with Crippen molar-refractivity contribution in [1.29, 1.82) is 0 Å². The number of ether oxygens (including phenoxy) is 2. The average Bonchev–Trinajstić information content (AvgIpc) is 3.06. The molecule has 29 heavy (non-hydrogen) atoms. The molecular weight excluding hydrogens is 423 g/mol. The summed E-state index contributed by atoms with van der Waals surface area (Å²) in [6.07, 6.45) is 0.162. The number of carbonyl (C=O) groups is 1. The van der Waals surface area contributed by atoms with Crippen molar-refractivity contribution in [2.24, 2.45) is 0 Å². The number of amides is 1. The van der Waals surface area contributed by atoms with E-state index in [2.05, 4.69) is 5.32 Å². The van der Waals surface area contributed by atoms with Gasteiger partial charge in [-0.05, 0) is 30.4 Å². The van der Waals surface area contributed by atoms with Gasteiger partial charge in [-0.25, -0.2) is 17.6 Å². The third-order valence-corrected chi connectivity index (χ3v) is 6.44. The quantitative estimate of drug-likeness (QED) is 0.663. The molecule has 1 amide bonds. The third kappa shape index (κ3) is 5.06. The summed E-state index contributed by atoms with van der Waals surface area (Å²) in [4.78, 5) is 15.3. The molecule has 9 nitrogen and oxygen atoms in total. The Kier molecular flexibility index (Phi) is 6.44. The summed E-state index contributed by atoms with van der Waals surface area (Å²) < 4.78 is 49.4. The molecule has 1 aromatic carbocycles. The van der Waals surface area contributed by atoms with E-state index < -0.39 is 28.0 Å². The van der Waals surface area contributed by atoms with Crippen molar-refractivity contribution < 1.29 is 27.1 Å². The molecule has 0 radical (unpaired) electrons. The zero-order chi connectivity index (χ0) is 21.2. The molecule has 0 aliphatic carbocycles. The molecule has 2 fully saturated rings. The van der Waals surface area contributed by atoms with Crippen LogP contribution in [0.1, 0.15) is 0 Å². The second-order valence-corrected chi connectivity index (χ2v) is 9.13. The Morgan fingerprint density at radius 1 is 1.34 bits per heavy atom. The number of cyclic esters (lactones) is 1. The van der Waals surface area contributed by atoms with Gasteiger partial charge in [-0.1, -0.05) is 0 Å². The van der Waals surface area contributed by atoms with Crippen LogP contribution in [0.15, 0.2) is 18.2 Å². The lowest BCUT2D eigenvalue weighted by Gasteiger charge is -2.35. The molecule has 0 bridgehead atoms. The van der Waals surface area contributed by atoms with Crippen molar-refractivity contribution in [3.8, 4) is 0 Å². The molecule has 0 spiro atoms. The van der Waals surface area contributed by atoms with E-state index in [1.54, 1.807) is 17.0 Å². The van der Waals surface area contributed by atoms with Crippen LogP contribution in [0.3, 0.4) is 0 Å². The minimum Gasteiger partial charge on any atom is -0.474 e. The first-order valence-electron chi connectivity index (χ1n) is 8.98. The maximum atomic E-state index is 14.7. The lowest BCUT2D eigenvalue weighted by molar-refractivity contribution is 0.142. The molecule has 1 atom stereocenters. The normalized spacial score (nSPS) is 20.5. The van der Waals surface area contributed by atoms with Crippen LogP contribution in [0, 0.1) is 5.82 Å². The van der Waals surface area contributed by atoms with Crippen LogP contribution >= 0.6 is 12.2 Å². The number of thiocarbonyl (C=S) groups is 1. The van der Waals surface area contributed by atoms with E-state index in [9.17, 15) is 17.6 Å². The van der Waals surface area contributed by atoms with E-state index in [1.807, 2.05) is 0 Å². The summed E-state index contributed by atoms with van der Waals surface area (Å²) in [6, 6.07) is 4.53. The van der Waals surface area contributed by atoms with Crippen molar-refractivity contribution in [3.63, 3.8) is 0 Å². The number of rotatable bonds is 5. The SMILES string of the molecule is COC(=S)NCC1CN(c2ccc(N3CCN(S(C)(=O)=O)CC3)c(F)c2)C(=O)O1. The van der Waals surface area contributed by atoms with E-state index in [-0.39, 0.29) is 11.7 Å². The van der Waals surface area contributed by atoms with Crippen LogP contribution in [-0.2, 0) is 19.5 Å². The van der Waals surface area contributed by atoms with E-state index in [1.165, 1.54) is 28.6 Å². The molecule has 2 aliphatic heterocycles. The fourth-order valence-electron chi connectivity index (χ4n) is 3.29. The van der Waals surface area contributed by atoms with Crippen molar-refractivity contribution in [3.05, 3.63) is 24.0 Å². The Hall–Kier alpha value is -2.18. The monoisotopic (exact) mass is 446 g/mol. The van der Waals surface area contributed by atoms with E-state index in [4.69, 9.17) is 21.7 Å². The topological polar surface area (TPSA) is 91.4 Å². The lowest BCUT2D eigenvalue weighted by atomic mass is 10.2. The van der Waals surface area contributed by atoms with Gasteiger partial charge >= 0.3 is 6.09 Å². The number of nitrogens with one attached hydrogen (secondary N) is 1. The smallest absolute Gasteiger partial charge is 0.414 e. The molecule has 12 heteroatoms. The molecule has 2 saturated heterocycles. The fourth-order valence-corrected chi connectivity index (χ4v) is 4.20. The largest absolute Gasteiger partial charge is 0.474 e. The van der Waals surface area contributed by atoms with Crippen LogP contribution in [-0.4, -0.2) is 82.7 Å². The van der Waals surface area contributed by atoms with Gasteiger partial charge in [0.1, 0.15) is 11.9 Å². The molecule has 2 heterocycles. The number of hydrogen-bond acceptors (Lipinski definition) is 7. The van der Waals surface area contributed by atoms with Gasteiger partial charge in [-0.3, -0.25) is 4.90 Å². The zero-order valence-corrected chi connectivity index (χ0v) is 17.8. The van der Waals surface area contributed by atoms with Crippen LogP contribution in [0.4, 0.5) is 20.6 Å². The average molecular weight is 447 g/mol. The number of anilines is 2. The summed E-state index contributed by atoms with van der Waals surface area (Å²) in [7, 11) is -1.81. The van der Waals surface area contributed by atoms with Gasteiger partial charge in [-0.15, -0.1) is 0 Å². The Morgan fingerprint density at radius 3 is 2.62 bits per heavy atom. The summed E-state index contributed by atoms with van der Waals surface area (Å²) in [5.41, 5.74) is 0.765. The van der Waals surface area contributed by atoms with Gasteiger partial charge < -0.3 is 19.7 Å². The molecule has 1 aromatic rings. The number of benzene rings is 1. The van der Waals surface area contributed by atoms with Crippen molar-refractivity contribution >= 4 is 44.9 Å². The minimum atomic E-state index is -3.25. The number of methoxy groups -OCH3 is 1. The molecule has 2 aliphatic rings. The highest BCUT2D eigenvalue weighted by Crippen LogP contribution is 2.28. The van der Waals surface area contributed by atoms with Gasteiger partial charge in [-0.2, -0.15) is 4.31 Å². The molecule has 1 N–H and O–H groups in total. The van der Waals surface area contributed by atoms with Gasteiger partial charge in [0.05, 0.1) is 37.8 Å². The Bertz CT molecular complexity index is 890. The number of sulfonamides is 1. The van der Waals surface area contributed by atoms with Crippen LogP contribution in [0.25, 0.3) is 0 Å². The Balaban J connectivity index is 1.64. The maximum Gasteiger partial charge on any atom is 0.414 e. The molecule has 3 rings (SSSR count). The first kappa shape index (κ1) is 21.5. The van der Waals surface area contributed by atoms with E-state index >= 15 is 0 Å². The number of carbonyl (C=O) groups excluding carboxylic acids is 1. The first-order valence-corrected chi connectivity index (χ1v) is 11.2. The second-order valence-electron chi connectivity index (χ2n) is 6.77. The van der Waals surface area contributed by atoms with Crippen molar-refractivity contribution in [2.45, 2.75) is 6.10 Å². The van der Waals surface area contributed by atoms with Gasteiger partial charge in [0.2, 0.25) is 10.0 Å². The zero-order valence-electron chi connectivity index (χ0n) is 16.1. The van der Waals surface area contributed by atoms with Crippen LogP contribution in [0.5, 0.6) is 0 Å². The van der Waals surface area contributed by atoms with Gasteiger partial charge in [0.15, 0.2) is 0 Å². The first-order chi connectivity index (χ1) is 13.7. The Morgan fingerprint density at radius 2 is 2.03 bits per heavy atom. The van der Waals surface area contributed by atoms with Gasteiger partial charge in [0, 0.05) is 26.2 Å². The minimum absolute atomic E-state index is 0.200. The van der Waals surface area contributed by atoms with Crippen LogP contribution < -0.4 is 15.1 Å². The van der Waals surface area contributed by atoms with E-state index in [0.717, 1.165) is 0 Å². The highest BCUT2D eigenvalue weighted by molar-refractivity contribution is 7.88. The molecule has 1 unspecified atom stereocenters. The summed E-state index contributed by atoms with van der Waals surface area (Å²) in [6.45, 7) is 1.93. The standard InChI is InChI=1S/C17H23FN4O5S2/c1-26-16(28)19-10-13-11-22(17(23)27-13)12-3-4-15(14(18)9-12)20-5-7-21(8-6-20)29(2,24)25/h3-4,9,13H,5-8,10-11H2,1-2H3,(H,19,28). The Labute approximate surface area is 174 Å². The summed E-state index contributed by atoms with van der Waals surface area (Å²) in [5, 5.41) is 3.02. The highest BCUT2D eigenvalue weighted by Gasteiger charge is 2.33. The van der Waals surface area contributed by atoms with E-state index in [0.29, 0.717) is 44.1 Å². The molecule has 0 aromatic heterocycles. The fraction of sp³-hybridized carbons (Fsp3) is 0.529. The molecule has 0 saturated carbocycles.